The molecule has 2 heterocycles. The van der Waals surface area contributed by atoms with Crippen LogP contribution in [0.25, 0.3) is 11.3 Å². The topological polar surface area (TPSA) is 87.7 Å². The number of para-hydroxylation sites is 1. The zero-order valence-electron chi connectivity index (χ0n) is 20.6. The Balaban J connectivity index is 1.60. The molecule has 0 fully saturated rings. The standard InChI is InChI=1S/C29H29N3O4/c1-18-15-23(24(33)16-19(18)2)26-25-27(31-30-26)29(34)32(13-8-14-35-3)28(25)20-9-7-12-22(17-20)36-21-10-5-4-6-11-21/h4-7,9-12,15-17,28,33H,8,13-14H2,1-3H3,(H,30,31)/t28-/m1/s1. The number of nitrogens with one attached hydrogen (secondary N) is 1. The van der Waals surface area contributed by atoms with Crippen LogP contribution in [-0.4, -0.2) is 46.4 Å². The van der Waals surface area contributed by atoms with Gasteiger partial charge in [-0.2, -0.15) is 5.10 Å². The molecule has 36 heavy (non-hydrogen) atoms. The highest BCUT2D eigenvalue weighted by atomic mass is 16.5. The zero-order valence-corrected chi connectivity index (χ0v) is 20.6. The normalized spacial score (nSPS) is 14.8. The summed E-state index contributed by atoms with van der Waals surface area (Å²) in [5, 5.41) is 18.3. The van der Waals surface area contributed by atoms with Gasteiger partial charge >= 0.3 is 0 Å². The van der Waals surface area contributed by atoms with Crippen LogP contribution in [0, 0.1) is 13.8 Å². The number of hydrogen-bond donors (Lipinski definition) is 2. The first-order valence-electron chi connectivity index (χ1n) is 12.0. The summed E-state index contributed by atoms with van der Waals surface area (Å²) < 4.78 is 11.3. The minimum absolute atomic E-state index is 0.123. The monoisotopic (exact) mass is 483 g/mol. The number of aromatic nitrogens is 2. The van der Waals surface area contributed by atoms with Crippen LogP contribution in [0.5, 0.6) is 17.2 Å². The van der Waals surface area contributed by atoms with Crippen LogP contribution in [0.3, 0.4) is 0 Å². The van der Waals surface area contributed by atoms with Gasteiger partial charge < -0.3 is 19.5 Å². The van der Waals surface area contributed by atoms with Crippen molar-refractivity contribution in [3.05, 3.63) is 94.7 Å². The predicted molar refractivity (Wildman–Crippen MR) is 137 cm³/mol. The number of methoxy groups -OCH3 is 1. The van der Waals surface area contributed by atoms with Crippen molar-refractivity contribution in [2.24, 2.45) is 0 Å². The van der Waals surface area contributed by atoms with Crippen molar-refractivity contribution >= 4 is 5.91 Å². The highest BCUT2D eigenvalue weighted by Gasteiger charge is 2.42. The van der Waals surface area contributed by atoms with Gasteiger partial charge in [0.25, 0.3) is 5.91 Å². The van der Waals surface area contributed by atoms with E-state index >= 15 is 0 Å². The Morgan fingerprint density at radius 1 is 1.00 bits per heavy atom. The number of fused-ring (bicyclic) bond motifs is 1. The predicted octanol–water partition coefficient (Wildman–Crippen LogP) is 5.77. The van der Waals surface area contributed by atoms with E-state index in [9.17, 15) is 9.90 Å². The molecule has 5 rings (SSSR count). The van der Waals surface area contributed by atoms with Crippen molar-refractivity contribution in [2.45, 2.75) is 26.3 Å². The van der Waals surface area contributed by atoms with E-state index < -0.39 is 6.04 Å². The molecule has 0 bridgehead atoms. The van der Waals surface area contributed by atoms with Crippen molar-refractivity contribution in [1.29, 1.82) is 0 Å². The number of amides is 1. The SMILES string of the molecule is COCCCN1C(=O)c2[nH]nc(-c3cc(C)c(C)cc3O)c2[C@H]1c1cccc(Oc2ccccc2)c1. The number of aryl methyl sites for hydroxylation is 2. The van der Waals surface area contributed by atoms with Crippen molar-refractivity contribution in [3.63, 3.8) is 0 Å². The van der Waals surface area contributed by atoms with Crippen LogP contribution in [0.1, 0.15) is 45.2 Å². The first-order chi connectivity index (χ1) is 17.5. The number of phenols is 1. The molecule has 0 spiro atoms. The van der Waals surface area contributed by atoms with Crippen LogP contribution in [0.15, 0.2) is 66.7 Å². The molecular weight excluding hydrogens is 454 g/mol. The Morgan fingerprint density at radius 2 is 1.75 bits per heavy atom. The molecule has 1 atom stereocenters. The third-order valence-corrected chi connectivity index (χ3v) is 6.63. The third kappa shape index (κ3) is 4.33. The van der Waals surface area contributed by atoms with Crippen LogP contribution in [-0.2, 0) is 4.74 Å². The van der Waals surface area contributed by atoms with E-state index in [-0.39, 0.29) is 11.7 Å². The quantitative estimate of drug-likeness (QED) is 0.311. The van der Waals surface area contributed by atoms with Gasteiger partial charge in [-0.25, -0.2) is 0 Å². The highest BCUT2D eigenvalue weighted by molar-refractivity contribution is 6.00. The molecule has 0 saturated heterocycles. The molecule has 1 aliphatic rings. The molecule has 184 valence electrons. The fourth-order valence-corrected chi connectivity index (χ4v) is 4.72. The minimum atomic E-state index is -0.390. The van der Waals surface area contributed by atoms with Crippen molar-refractivity contribution in [3.8, 4) is 28.5 Å². The average molecular weight is 484 g/mol. The van der Waals surface area contributed by atoms with Gasteiger partial charge in [0.15, 0.2) is 0 Å². The third-order valence-electron chi connectivity index (χ3n) is 6.63. The summed E-state index contributed by atoms with van der Waals surface area (Å²) in [6, 6.07) is 20.6. The van der Waals surface area contributed by atoms with Crippen molar-refractivity contribution in [2.75, 3.05) is 20.3 Å². The molecule has 1 amide bonds. The van der Waals surface area contributed by atoms with E-state index in [1.807, 2.05) is 79.4 Å². The lowest BCUT2D eigenvalue weighted by molar-refractivity contribution is 0.0723. The van der Waals surface area contributed by atoms with Crippen LogP contribution in [0.2, 0.25) is 0 Å². The van der Waals surface area contributed by atoms with Crippen LogP contribution >= 0.6 is 0 Å². The van der Waals surface area contributed by atoms with Gasteiger partial charge in [-0.15, -0.1) is 0 Å². The second-order valence-corrected chi connectivity index (χ2v) is 9.05. The first kappa shape index (κ1) is 23.6. The number of H-pyrrole nitrogens is 1. The Kier molecular flexibility index (Phi) is 6.48. The number of aromatic hydroxyl groups is 1. The number of phenolic OH excluding ortho intramolecular Hbond substituents is 1. The lowest BCUT2D eigenvalue weighted by atomic mass is 9.94. The number of carbonyl (C=O) groups is 1. The molecule has 7 heteroatoms. The molecule has 2 N–H and O–H groups in total. The summed E-state index contributed by atoms with van der Waals surface area (Å²) in [7, 11) is 1.65. The highest BCUT2D eigenvalue weighted by Crippen LogP contribution is 2.45. The molecule has 1 aromatic heterocycles. The maximum Gasteiger partial charge on any atom is 0.273 e. The van der Waals surface area contributed by atoms with Crippen molar-refractivity contribution in [1.82, 2.24) is 15.1 Å². The molecule has 0 radical (unpaired) electrons. The second kappa shape index (κ2) is 9.87. The average Bonchev–Trinajstić information content (AvgIpc) is 3.41. The Labute approximate surface area is 210 Å². The molecule has 7 nitrogen and oxygen atoms in total. The number of rotatable bonds is 8. The summed E-state index contributed by atoms with van der Waals surface area (Å²) in [5.41, 5.74) is 5.31. The van der Waals surface area contributed by atoms with E-state index in [4.69, 9.17) is 9.47 Å². The number of nitrogens with zero attached hydrogens (tertiary/aromatic N) is 2. The van der Waals surface area contributed by atoms with Gasteiger partial charge in [0, 0.05) is 31.4 Å². The van der Waals surface area contributed by atoms with E-state index in [2.05, 4.69) is 10.2 Å². The lowest BCUT2D eigenvalue weighted by Crippen LogP contribution is -2.31. The molecule has 0 aliphatic carbocycles. The van der Waals surface area contributed by atoms with E-state index in [0.717, 1.165) is 28.0 Å². The van der Waals surface area contributed by atoms with Gasteiger partial charge in [0.05, 0.1) is 6.04 Å². The Hall–Kier alpha value is -4.10. The van der Waals surface area contributed by atoms with E-state index in [1.165, 1.54) is 0 Å². The number of ether oxygens (including phenoxy) is 2. The molecule has 1 aliphatic heterocycles. The number of hydrogen-bond acceptors (Lipinski definition) is 5. The lowest BCUT2D eigenvalue weighted by Gasteiger charge is -2.26. The molecule has 0 saturated carbocycles. The minimum Gasteiger partial charge on any atom is -0.507 e. The molecular formula is C29H29N3O4. The summed E-state index contributed by atoms with van der Waals surface area (Å²) in [6.45, 7) is 5.01. The molecule has 0 unspecified atom stereocenters. The summed E-state index contributed by atoms with van der Waals surface area (Å²) in [6.07, 6.45) is 0.695. The van der Waals surface area contributed by atoms with Gasteiger partial charge in [-0.05, 0) is 73.4 Å². The Morgan fingerprint density at radius 3 is 2.53 bits per heavy atom. The van der Waals surface area contributed by atoms with Gasteiger partial charge in [-0.1, -0.05) is 30.3 Å². The summed E-state index contributed by atoms with van der Waals surface area (Å²) in [5.74, 6) is 1.43. The summed E-state index contributed by atoms with van der Waals surface area (Å²) >= 11 is 0. The maximum atomic E-state index is 13.5. The van der Waals surface area contributed by atoms with Crippen LogP contribution < -0.4 is 4.74 Å². The fraction of sp³-hybridized carbons (Fsp3) is 0.241. The Bertz CT molecular complexity index is 1400. The second-order valence-electron chi connectivity index (χ2n) is 9.05. The number of carbonyl (C=O) groups excluding carboxylic acids is 1. The summed E-state index contributed by atoms with van der Waals surface area (Å²) in [4.78, 5) is 15.4. The van der Waals surface area contributed by atoms with Gasteiger partial charge in [-0.3, -0.25) is 9.89 Å². The van der Waals surface area contributed by atoms with E-state index in [1.54, 1.807) is 13.2 Å². The van der Waals surface area contributed by atoms with E-state index in [0.29, 0.717) is 42.3 Å². The molecule has 4 aromatic rings. The van der Waals surface area contributed by atoms with Gasteiger partial charge in [0.2, 0.25) is 0 Å². The smallest absolute Gasteiger partial charge is 0.273 e. The van der Waals surface area contributed by atoms with Gasteiger partial charge in [0.1, 0.15) is 28.6 Å². The zero-order chi connectivity index (χ0) is 25.2. The molecule has 3 aromatic carbocycles. The van der Waals surface area contributed by atoms with Crippen molar-refractivity contribution < 1.29 is 19.4 Å². The largest absolute Gasteiger partial charge is 0.507 e. The maximum absolute atomic E-state index is 13.5. The fourth-order valence-electron chi connectivity index (χ4n) is 4.72. The van der Waals surface area contributed by atoms with Crippen LogP contribution in [0.4, 0.5) is 0 Å². The first-order valence-corrected chi connectivity index (χ1v) is 12.0. The number of aromatic amines is 1. The number of benzene rings is 3.